The van der Waals surface area contributed by atoms with E-state index in [9.17, 15) is 5.11 Å². The van der Waals surface area contributed by atoms with Crippen LogP contribution in [0.2, 0.25) is 0 Å². The Kier molecular flexibility index (Phi) is 4.07. The molecular formula is C20H13BrN2O2. The highest BCUT2D eigenvalue weighted by atomic mass is 79.9. The van der Waals surface area contributed by atoms with Gasteiger partial charge in [0.2, 0.25) is 5.89 Å². The number of nitrogens with zero attached hydrogens (tertiary/aromatic N) is 2. The van der Waals surface area contributed by atoms with Crippen molar-refractivity contribution < 1.29 is 9.52 Å². The molecule has 122 valence electrons. The standard InChI is InChI=1S/C20H13BrN2O2/c21-15-6-3-5-13(10-15)20-23-17-11-16(8-9-19(17)25-20)22-12-14-4-1-2-7-18(14)24/h1-12,24H. The molecule has 1 heterocycles. The van der Waals surface area contributed by atoms with Crippen LogP contribution in [0.25, 0.3) is 22.6 Å². The van der Waals surface area contributed by atoms with Crippen LogP contribution in [0.3, 0.4) is 0 Å². The monoisotopic (exact) mass is 392 g/mol. The van der Waals surface area contributed by atoms with Gasteiger partial charge in [0.1, 0.15) is 11.3 Å². The molecular weight excluding hydrogens is 380 g/mol. The lowest BCUT2D eigenvalue weighted by Gasteiger charge is -1.97. The molecule has 3 aromatic carbocycles. The third-order valence-electron chi connectivity index (χ3n) is 3.73. The summed E-state index contributed by atoms with van der Waals surface area (Å²) in [5.41, 5.74) is 3.76. The maximum Gasteiger partial charge on any atom is 0.227 e. The van der Waals surface area contributed by atoms with Gasteiger partial charge in [-0.05, 0) is 48.5 Å². The molecule has 4 nitrogen and oxygen atoms in total. The summed E-state index contributed by atoms with van der Waals surface area (Å²) >= 11 is 3.45. The summed E-state index contributed by atoms with van der Waals surface area (Å²) in [7, 11) is 0. The molecule has 0 saturated heterocycles. The quantitative estimate of drug-likeness (QED) is 0.454. The Bertz CT molecular complexity index is 1090. The number of rotatable bonds is 3. The van der Waals surface area contributed by atoms with Gasteiger partial charge in [-0.25, -0.2) is 4.98 Å². The van der Waals surface area contributed by atoms with Crippen molar-refractivity contribution in [2.75, 3.05) is 0 Å². The van der Waals surface area contributed by atoms with Crippen molar-refractivity contribution in [2.24, 2.45) is 4.99 Å². The number of benzene rings is 3. The van der Waals surface area contributed by atoms with Gasteiger partial charge in [0.15, 0.2) is 5.58 Å². The van der Waals surface area contributed by atoms with Crippen molar-refractivity contribution in [1.29, 1.82) is 0 Å². The lowest BCUT2D eigenvalue weighted by Crippen LogP contribution is -1.80. The first-order chi connectivity index (χ1) is 12.2. The molecule has 0 aliphatic carbocycles. The molecule has 0 spiro atoms. The van der Waals surface area contributed by atoms with Crippen molar-refractivity contribution in [3.8, 4) is 17.2 Å². The highest BCUT2D eigenvalue weighted by molar-refractivity contribution is 9.10. The third-order valence-corrected chi connectivity index (χ3v) is 4.23. The maximum atomic E-state index is 9.79. The topological polar surface area (TPSA) is 58.6 Å². The molecule has 0 aliphatic rings. The van der Waals surface area contributed by atoms with E-state index in [-0.39, 0.29) is 5.75 Å². The molecule has 4 rings (SSSR count). The second-order valence-corrected chi connectivity index (χ2v) is 6.41. The molecule has 5 heteroatoms. The Morgan fingerprint density at radius 2 is 1.88 bits per heavy atom. The maximum absolute atomic E-state index is 9.79. The molecule has 0 aliphatic heterocycles. The summed E-state index contributed by atoms with van der Waals surface area (Å²) in [6.07, 6.45) is 1.63. The minimum Gasteiger partial charge on any atom is -0.507 e. The van der Waals surface area contributed by atoms with Crippen LogP contribution in [0.4, 0.5) is 5.69 Å². The van der Waals surface area contributed by atoms with E-state index in [2.05, 4.69) is 25.9 Å². The number of hydrogen-bond donors (Lipinski definition) is 1. The number of hydrogen-bond acceptors (Lipinski definition) is 4. The molecule has 0 saturated carbocycles. The summed E-state index contributed by atoms with van der Waals surface area (Å²) in [6.45, 7) is 0. The fourth-order valence-electron chi connectivity index (χ4n) is 2.48. The van der Waals surface area contributed by atoms with Gasteiger partial charge in [0, 0.05) is 21.8 Å². The number of phenols is 1. The van der Waals surface area contributed by atoms with Crippen molar-refractivity contribution in [2.45, 2.75) is 0 Å². The first kappa shape index (κ1) is 15.6. The normalized spacial score (nSPS) is 11.4. The van der Waals surface area contributed by atoms with Crippen LogP contribution in [-0.4, -0.2) is 16.3 Å². The van der Waals surface area contributed by atoms with E-state index in [1.807, 2.05) is 48.5 Å². The van der Waals surface area contributed by atoms with E-state index < -0.39 is 0 Å². The highest BCUT2D eigenvalue weighted by Crippen LogP contribution is 2.28. The number of oxazole rings is 1. The van der Waals surface area contributed by atoms with Gasteiger partial charge in [-0.3, -0.25) is 4.99 Å². The van der Waals surface area contributed by atoms with Crippen molar-refractivity contribution in [1.82, 2.24) is 4.98 Å². The zero-order valence-corrected chi connectivity index (χ0v) is 14.6. The van der Waals surface area contributed by atoms with Gasteiger partial charge in [0.25, 0.3) is 0 Å². The molecule has 0 amide bonds. The SMILES string of the molecule is Oc1ccccc1C=Nc1ccc2oc(-c3cccc(Br)c3)nc2c1. The lowest BCUT2D eigenvalue weighted by molar-refractivity contribution is 0.474. The molecule has 0 bridgehead atoms. The number of halogens is 1. The van der Waals surface area contributed by atoms with Crippen LogP contribution in [0.5, 0.6) is 5.75 Å². The van der Waals surface area contributed by atoms with E-state index in [0.29, 0.717) is 17.0 Å². The Hall–Kier alpha value is -2.92. The molecule has 4 aromatic rings. The zero-order chi connectivity index (χ0) is 17.2. The van der Waals surface area contributed by atoms with Crippen LogP contribution in [0.1, 0.15) is 5.56 Å². The van der Waals surface area contributed by atoms with Crippen LogP contribution < -0.4 is 0 Å². The smallest absolute Gasteiger partial charge is 0.227 e. The summed E-state index contributed by atoms with van der Waals surface area (Å²) in [6, 6.07) is 20.4. The molecule has 0 atom stereocenters. The van der Waals surface area contributed by atoms with E-state index in [1.54, 1.807) is 24.4 Å². The van der Waals surface area contributed by atoms with E-state index in [0.717, 1.165) is 21.2 Å². The lowest BCUT2D eigenvalue weighted by atomic mass is 10.2. The summed E-state index contributed by atoms with van der Waals surface area (Å²) in [4.78, 5) is 8.96. The number of phenolic OH excluding ortho intramolecular Hbond substituents is 1. The van der Waals surface area contributed by atoms with E-state index in [4.69, 9.17) is 4.42 Å². The summed E-state index contributed by atoms with van der Waals surface area (Å²) in [5.74, 6) is 0.767. The van der Waals surface area contributed by atoms with Crippen LogP contribution in [0, 0.1) is 0 Å². The fourth-order valence-corrected chi connectivity index (χ4v) is 2.88. The van der Waals surface area contributed by atoms with Gasteiger partial charge in [0.05, 0.1) is 5.69 Å². The minimum absolute atomic E-state index is 0.200. The second kappa shape index (κ2) is 6.53. The van der Waals surface area contributed by atoms with Gasteiger partial charge < -0.3 is 9.52 Å². The van der Waals surface area contributed by atoms with Gasteiger partial charge in [-0.15, -0.1) is 0 Å². The average molecular weight is 393 g/mol. The molecule has 0 unspecified atom stereocenters. The first-order valence-electron chi connectivity index (χ1n) is 7.68. The Balaban J connectivity index is 1.68. The number of aromatic hydroxyl groups is 1. The van der Waals surface area contributed by atoms with Crippen LogP contribution in [-0.2, 0) is 0 Å². The van der Waals surface area contributed by atoms with Gasteiger partial charge >= 0.3 is 0 Å². The van der Waals surface area contributed by atoms with Crippen LogP contribution in [0.15, 0.2) is 80.6 Å². The molecule has 25 heavy (non-hydrogen) atoms. The largest absolute Gasteiger partial charge is 0.507 e. The second-order valence-electron chi connectivity index (χ2n) is 5.50. The van der Waals surface area contributed by atoms with Crippen molar-refractivity contribution >= 4 is 38.9 Å². The first-order valence-corrected chi connectivity index (χ1v) is 8.47. The highest BCUT2D eigenvalue weighted by Gasteiger charge is 2.09. The third kappa shape index (κ3) is 3.32. The molecule has 1 aromatic heterocycles. The van der Waals surface area contributed by atoms with Gasteiger partial charge in [-0.2, -0.15) is 0 Å². The minimum atomic E-state index is 0.200. The Morgan fingerprint density at radius 3 is 2.72 bits per heavy atom. The summed E-state index contributed by atoms with van der Waals surface area (Å²) < 4.78 is 6.79. The fraction of sp³-hybridized carbons (Fsp3) is 0. The summed E-state index contributed by atoms with van der Waals surface area (Å²) in [5, 5.41) is 9.79. The van der Waals surface area contributed by atoms with E-state index >= 15 is 0 Å². The predicted molar refractivity (Wildman–Crippen MR) is 103 cm³/mol. The number of aromatic nitrogens is 1. The Labute approximate surface area is 152 Å². The zero-order valence-electron chi connectivity index (χ0n) is 13.1. The molecule has 1 N–H and O–H groups in total. The average Bonchev–Trinajstić information content (AvgIpc) is 3.04. The van der Waals surface area contributed by atoms with Gasteiger partial charge in [-0.1, -0.05) is 34.1 Å². The Morgan fingerprint density at radius 1 is 1.00 bits per heavy atom. The number of para-hydroxylation sites is 1. The predicted octanol–water partition coefficient (Wildman–Crippen LogP) is 5.71. The molecule has 0 radical (unpaired) electrons. The van der Waals surface area contributed by atoms with Crippen molar-refractivity contribution in [3.05, 3.63) is 76.8 Å². The van der Waals surface area contributed by atoms with E-state index in [1.165, 1.54) is 0 Å². The molecule has 0 fully saturated rings. The van der Waals surface area contributed by atoms with Crippen molar-refractivity contribution in [3.63, 3.8) is 0 Å². The number of aliphatic imine (C=N–C) groups is 1. The number of fused-ring (bicyclic) bond motifs is 1. The van der Waals surface area contributed by atoms with Crippen LogP contribution >= 0.6 is 15.9 Å².